The highest BCUT2D eigenvalue weighted by molar-refractivity contribution is 5.82. The fourth-order valence-corrected chi connectivity index (χ4v) is 1.63. The molecular weight excluding hydrogens is 219 g/mol. The Morgan fingerprint density at radius 3 is 2.62 bits per heavy atom. The first kappa shape index (κ1) is 11.0. The SMILES string of the molecule is NCCc1cc2c(C(F)(F)F)cccc2o1. The van der Waals surface area contributed by atoms with Crippen molar-refractivity contribution in [2.45, 2.75) is 12.6 Å². The van der Waals surface area contributed by atoms with E-state index >= 15 is 0 Å². The number of rotatable bonds is 2. The molecule has 0 fully saturated rings. The van der Waals surface area contributed by atoms with Crippen molar-refractivity contribution in [2.24, 2.45) is 5.73 Å². The first-order chi connectivity index (χ1) is 7.52. The normalized spacial score (nSPS) is 12.2. The summed E-state index contributed by atoms with van der Waals surface area (Å²) in [5, 5.41) is 0.0958. The van der Waals surface area contributed by atoms with Crippen LogP contribution in [0.1, 0.15) is 11.3 Å². The van der Waals surface area contributed by atoms with E-state index in [0.717, 1.165) is 6.07 Å². The average Bonchev–Trinajstić information content (AvgIpc) is 2.58. The van der Waals surface area contributed by atoms with Gasteiger partial charge in [0, 0.05) is 11.8 Å². The van der Waals surface area contributed by atoms with E-state index in [1.807, 2.05) is 0 Å². The first-order valence-electron chi connectivity index (χ1n) is 4.81. The standard InChI is InChI=1S/C11H10F3NO/c12-11(13,14)9-2-1-3-10-8(9)6-7(16-10)4-5-15/h1-3,6H,4-5,15H2. The van der Waals surface area contributed by atoms with E-state index in [9.17, 15) is 13.2 Å². The van der Waals surface area contributed by atoms with Crippen LogP contribution >= 0.6 is 0 Å². The number of alkyl halides is 3. The molecule has 0 atom stereocenters. The van der Waals surface area contributed by atoms with E-state index in [2.05, 4.69) is 0 Å². The van der Waals surface area contributed by atoms with Gasteiger partial charge in [-0.15, -0.1) is 0 Å². The van der Waals surface area contributed by atoms with Crippen LogP contribution in [0.15, 0.2) is 28.7 Å². The van der Waals surface area contributed by atoms with Gasteiger partial charge in [-0.3, -0.25) is 0 Å². The molecule has 0 unspecified atom stereocenters. The smallest absolute Gasteiger partial charge is 0.417 e. The maximum atomic E-state index is 12.6. The van der Waals surface area contributed by atoms with Crippen LogP contribution in [0.2, 0.25) is 0 Å². The summed E-state index contributed by atoms with van der Waals surface area (Å²) in [5.74, 6) is 0.481. The van der Waals surface area contributed by atoms with Gasteiger partial charge in [-0.05, 0) is 24.7 Å². The Labute approximate surface area is 89.8 Å². The quantitative estimate of drug-likeness (QED) is 0.859. The van der Waals surface area contributed by atoms with Crippen LogP contribution in [-0.2, 0) is 12.6 Å². The molecule has 2 nitrogen and oxygen atoms in total. The second-order valence-corrected chi connectivity index (χ2v) is 3.47. The molecule has 0 amide bonds. The van der Waals surface area contributed by atoms with Gasteiger partial charge in [0.25, 0.3) is 0 Å². The van der Waals surface area contributed by atoms with Crippen LogP contribution in [-0.4, -0.2) is 6.54 Å². The molecule has 86 valence electrons. The van der Waals surface area contributed by atoms with Crippen molar-refractivity contribution in [3.63, 3.8) is 0 Å². The predicted octanol–water partition coefficient (Wildman–Crippen LogP) is 2.95. The predicted molar refractivity (Wildman–Crippen MR) is 54.0 cm³/mol. The molecule has 0 saturated heterocycles. The monoisotopic (exact) mass is 229 g/mol. The van der Waals surface area contributed by atoms with Crippen LogP contribution in [0.4, 0.5) is 13.2 Å². The minimum Gasteiger partial charge on any atom is -0.461 e. The van der Waals surface area contributed by atoms with Crippen molar-refractivity contribution in [1.82, 2.24) is 0 Å². The van der Waals surface area contributed by atoms with Crippen molar-refractivity contribution in [3.8, 4) is 0 Å². The zero-order chi connectivity index (χ0) is 11.8. The number of fused-ring (bicyclic) bond motifs is 1. The lowest BCUT2D eigenvalue weighted by Crippen LogP contribution is -2.04. The van der Waals surface area contributed by atoms with Crippen LogP contribution in [0.5, 0.6) is 0 Å². The molecule has 2 aromatic rings. The van der Waals surface area contributed by atoms with Crippen molar-refractivity contribution in [1.29, 1.82) is 0 Å². The van der Waals surface area contributed by atoms with Gasteiger partial charge in [0.1, 0.15) is 11.3 Å². The van der Waals surface area contributed by atoms with Gasteiger partial charge in [-0.2, -0.15) is 13.2 Å². The minimum absolute atomic E-state index is 0.0958. The highest BCUT2D eigenvalue weighted by Crippen LogP contribution is 2.35. The molecule has 1 aromatic carbocycles. The fraction of sp³-hybridized carbons (Fsp3) is 0.273. The molecule has 0 aliphatic heterocycles. The second-order valence-electron chi connectivity index (χ2n) is 3.47. The van der Waals surface area contributed by atoms with Crippen molar-refractivity contribution >= 4 is 11.0 Å². The van der Waals surface area contributed by atoms with Gasteiger partial charge >= 0.3 is 6.18 Å². The third kappa shape index (κ3) is 1.90. The Morgan fingerprint density at radius 1 is 1.25 bits per heavy atom. The molecule has 5 heteroatoms. The molecule has 2 N–H and O–H groups in total. The summed E-state index contributed by atoms with van der Waals surface area (Å²) in [6.07, 6.45) is -3.92. The summed E-state index contributed by atoms with van der Waals surface area (Å²) in [4.78, 5) is 0. The van der Waals surface area contributed by atoms with E-state index in [4.69, 9.17) is 10.2 Å². The number of halogens is 3. The van der Waals surface area contributed by atoms with Crippen molar-refractivity contribution < 1.29 is 17.6 Å². The average molecular weight is 229 g/mol. The molecule has 0 aliphatic carbocycles. The summed E-state index contributed by atoms with van der Waals surface area (Å²) < 4.78 is 43.2. The van der Waals surface area contributed by atoms with Gasteiger partial charge in [-0.25, -0.2) is 0 Å². The topological polar surface area (TPSA) is 39.2 Å². The van der Waals surface area contributed by atoms with Crippen LogP contribution in [0, 0.1) is 0 Å². The van der Waals surface area contributed by atoms with E-state index in [1.165, 1.54) is 18.2 Å². The first-order valence-corrected chi connectivity index (χ1v) is 4.81. The summed E-state index contributed by atoms with van der Waals surface area (Å²) in [7, 11) is 0. The van der Waals surface area contributed by atoms with Gasteiger partial charge in [0.05, 0.1) is 5.56 Å². The Morgan fingerprint density at radius 2 is 2.00 bits per heavy atom. The molecular formula is C11H10F3NO. The molecule has 0 radical (unpaired) electrons. The number of benzene rings is 1. The lowest BCUT2D eigenvalue weighted by atomic mass is 10.1. The third-order valence-corrected chi connectivity index (χ3v) is 2.31. The van der Waals surface area contributed by atoms with E-state index < -0.39 is 11.7 Å². The third-order valence-electron chi connectivity index (χ3n) is 2.31. The Balaban J connectivity index is 2.59. The molecule has 0 aliphatic rings. The Hall–Kier alpha value is -1.49. The number of furan rings is 1. The fourth-order valence-electron chi connectivity index (χ4n) is 1.63. The zero-order valence-electron chi connectivity index (χ0n) is 8.34. The lowest BCUT2D eigenvalue weighted by molar-refractivity contribution is -0.136. The van der Waals surface area contributed by atoms with E-state index in [0.29, 0.717) is 18.7 Å². The Bertz CT molecular complexity index is 501. The largest absolute Gasteiger partial charge is 0.461 e. The van der Waals surface area contributed by atoms with Gasteiger partial charge in [-0.1, -0.05) is 6.07 Å². The van der Waals surface area contributed by atoms with Crippen molar-refractivity contribution in [2.75, 3.05) is 6.54 Å². The second kappa shape index (κ2) is 3.83. The maximum absolute atomic E-state index is 12.6. The number of hydrogen-bond acceptors (Lipinski definition) is 2. The summed E-state index contributed by atoms with van der Waals surface area (Å²) in [6.45, 7) is 0.348. The van der Waals surface area contributed by atoms with Crippen LogP contribution < -0.4 is 5.73 Å². The van der Waals surface area contributed by atoms with Crippen molar-refractivity contribution in [3.05, 3.63) is 35.6 Å². The van der Waals surface area contributed by atoms with Crippen LogP contribution in [0.3, 0.4) is 0 Å². The molecule has 1 heterocycles. The minimum atomic E-state index is -4.36. The van der Waals surface area contributed by atoms with Gasteiger partial charge in [0.15, 0.2) is 0 Å². The molecule has 2 rings (SSSR count). The molecule has 0 bridgehead atoms. The highest BCUT2D eigenvalue weighted by Gasteiger charge is 2.33. The van der Waals surface area contributed by atoms with Crippen LogP contribution in [0.25, 0.3) is 11.0 Å². The molecule has 0 spiro atoms. The summed E-state index contributed by atoms with van der Waals surface area (Å²) in [5.41, 5.74) is 4.90. The molecule has 1 aromatic heterocycles. The molecule has 16 heavy (non-hydrogen) atoms. The van der Waals surface area contributed by atoms with E-state index in [-0.39, 0.29) is 11.0 Å². The van der Waals surface area contributed by atoms with Gasteiger partial charge in [0.2, 0.25) is 0 Å². The molecule has 0 saturated carbocycles. The zero-order valence-corrected chi connectivity index (χ0v) is 8.34. The summed E-state index contributed by atoms with van der Waals surface area (Å²) >= 11 is 0. The lowest BCUT2D eigenvalue weighted by Gasteiger charge is -2.06. The Kier molecular flexibility index (Phi) is 2.63. The maximum Gasteiger partial charge on any atom is 0.417 e. The summed E-state index contributed by atoms with van der Waals surface area (Å²) in [6, 6.07) is 5.31. The van der Waals surface area contributed by atoms with Gasteiger partial charge < -0.3 is 10.2 Å². The highest BCUT2D eigenvalue weighted by atomic mass is 19.4. The number of hydrogen-bond donors (Lipinski definition) is 1. The van der Waals surface area contributed by atoms with E-state index in [1.54, 1.807) is 0 Å². The number of nitrogens with two attached hydrogens (primary N) is 1.